The average molecular weight is 473 g/mol. The Hall–Kier alpha value is -2.19. The molecule has 3 aromatic rings. The van der Waals surface area contributed by atoms with Crippen molar-refractivity contribution in [3.05, 3.63) is 62.4 Å². The highest BCUT2D eigenvalue weighted by molar-refractivity contribution is 9.10. The van der Waals surface area contributed by atoms with Crippen LogP contribution in [-0.4, -0.2) is 38.3 Å². The van der Waals surface area contributed by atoms with Crippen LogP contribution in [0.5, 0.6) is 0 Å². The van der Waals surface area contributed by atoms with Crippen molar-refractivity contribution in [1.29, 1.82) is 0 Å². The Kier molecular flexibility index (Phi) is 4.91. The van der Waals surface area contributed by atoms with Gasteiger partial charge in [0.25, 0.3) is 5.91 Å². The predicted molar refractivity (Wildman–Crippen MR) is 112 cm³/mol. The smallest absolute Gasteiger partial charge is 0.254 e. The third-order valence-corrected chi connectivity index (χ3v) is 7.15. The van der Waals surface area contributed by atoms with Crippen molar-refractivity contribution in [2.24, 2.45) is 0 Å². The molecule has 0 saturated carbocycles. The van der Waals surface area contributed by atoms with Crippen LogP contribution < -0.4 is 0 Å². The van der Waals surface area contributed by atoms with E-state index in [-0.39, 0.29) is 23.7 Å². The number of thiazole rings is 1. The highest BCUT2D eigenvalue weighted by Gasteiger charge is 2.36. The number of hydrogen-bond acceptors (Lipinski definition) is 5. The third kappa shape index (κ3) is 3.59. The summed E-state index contributed by atoms with van der Waals surface area (Å²) in [5, 5.41) is 2.99. The molecule has 5 nitrogen and oxygen atoms in total. The first kappa shape index (κ1) is 18.8. The summed E-state index contributed by atoms with van der Waals surface area (Å²) in [5.41, 5.74) is 2.23. The van der Waals surface area contributed by atoms with Crippen molar-refractivity contribution in [2.75, 3.05) is 6.54 Å². The molecule has 1 fully saturated rings. The van der Waals surface area contributed by atoms with Gasteiger partial charge in [-0.3, -0.25) is 4.79 Å². The van der Waals surface area contributed by atoms with Crippen LogP contribution in [0.1, 0.15) is 46.1 Å². The summed E-state index contributed by atoms with van der Waals surface area (Å²) in [6.07, 6.45) is 6.98. The van der Waals surface area contributed by atoms with Crippen molar-refractivity contribution < 1.29 is 9.18 Å². The molecule has 0 radical (unpaired) electrons. The molecule has 2 aromatic heterocycles. The molecule has 5 rings (SSSR count). The van der Waals surface area contributed by atoms with E-state index in [0.29, 0.717) is 17.9 Å². The summed E-state index contributed by atoms with van der Waals surface area (Å²) < 4.78 is 14.5. The van der Waals surface area contributed by atoms with Crippen LogP contribution in [0.15, 0.2) is 40.4 Å². The van der Waals surface area contributed by atoms with Crippen molar-refractivity contribution in [2.45, 2.75) is 37.6 Å². The number of aryl methyl sites for hydroxylation is 1. The average Bonchev–Trinajstić information content (AvgIpc) is 3.18. The quantitative estimate of drug-likeness (QED) is 0.535. The molecule has 2 aliphatic heterocycles. The molecule has 1 amide bonds. The number of nitrogens with zero attached hydrogens (tertiary/aromatic N) is 4. The fraction of sp³-hybridized carbons (Fsp3) is 0.333. The summed E-state index contributed by atoms with van der Waals surface area (Å²) >= 11 is 4.94. The van der Waals surface area contributed by atoms with Gasteiger partial charge in [0, 0.05) is 41.8 Å². The molecule has 2 aliphatic rings. The number of carbonyl (C=O) groups excluding carboxylic acids is 1. The summed E-state index contributed by atoms with van der Waals surface area (Å²) in [4.78, 5) is 28.6. The number of amides is 1. The van der Waals surface area contributed by atoms with E-state index in [2.05, 4.69) is 25.9 Å². The lowest BCUT2D eigenvalue weighted by molar-refractivity contribution is 0.0588. The molecule has 29 heavy (non-hydrogen) atoms. The Bertz CT molecular complexity index is 1070. The standard InChI is InChI=1S/C21H18BrFN4OS/c22-14-8-24-19(25-9-14)18-11-29-20(26-18)13-2-5-16-4-1-12-7-15(23)3-6-17(12)21(28)27(16)10-13/h3,6-9,11,13,16H,1-2,4-5,10H2. The van der Waals surface area contributed by atoms with Crippen LogP contribution in [0.4, 0.5) is 4.39 Å². The number of fused-ring (bicyclic) bond motifs is 2. The zero-order valence-electron chi connectivity index (χ0n) is 15.5. The predicted octanol–water partition coefficient (Wildman–Crippen LogP) is 4.84. The zero-order chi connectivity index (χ0) is 20.0. The van der Waals surface area contributed by atoms with E-state index in [1.165, 1.54) is 12.1 Å². The maximum atomic E-state index is 13.6. The minimum Gasteiger partial charge on any atom is -0.335 e. The summed E-state index contributed by atoms with van der Waals surface area (Å²) in [7, 11) is 0. The van der Waals surface area contributed by atoms with Gasteiger partial charge in [-0.25, -0.2) is 19.3 Å². The molecule has 0 spiro atoms. The van der Waals surface area contributed by atoms with Crippen LogP contribution in [0.25, 0.3) is 11.5 Å². The topological polar surface area (TPSA) is 59.0 Å². The lowest BCUT2D eigenvalue weighted by Crippen LogP contribution is -2.45. The van der Waals surface area contributed by atoms with Crippen LogP contribution in [-0.2, 0) is 6.42 Å². The molecule has 0 bridgehead atoms. The normalized spacial score (nSPS) is 21.4. The van der Waals surface area contributed by atoms with Gasteiger partial charge in [0.1, 0.15) is 11.5 Å². The monoisotopic (exact) mass is 472 g/mol. The first-order valence-electron chi connectivity index (χ1n) is 9.61. The van der Waals surface area contributed by atoms with E-state index in [9.17, 15) is 9.18 Å². The van der Waals surface area contributed by atoms with Gasteiger partial charge in [-0.2, -0.15) is 0 Å². The number of halogens is 2. The number of carbonyl (C=O) groups is 1. The van der Waals surface area contributed by atoms with E-state index in [4.69, 9.17) is 4.98 Å². The first-order chi connectivity index (χ1) is 14.1. The third-order valence-electron chi connectivity index (χ3n) is 5.73. The minimum atomic E-state index is -0.278. The van der Waals surface area contributed by atoms with Gasteiger partial charge in [-0.05, 0) is 65.4 Å². The molecule has 1 saturated heterocycles. The maximum Gasteiger partial charge on any atom is 0.254 e. The molecule has 4 heterocycles. The van der Waals surface area contributed by atoms with E-state index >= 15 is 0 Å². The molecule has 148 valence electrons. The molecule has 2 unspecified atom stereocenters. The lowest BCUT2D eigenvalue weighted by atomic mass is 9.91. The van der Waals surface area contributed by atoms with E-state index < -0.39 is 0 Å². The van der Waals surface area contributed by atoms with Gasteiger partial charge in [0.15, 0.2) is 5.82 Å². The zero-order valence-corrected chi connectivity index (χ0v) is 17.9. The highest BCUT2D eigenvalue weighted by atomic mass is 79.9. The molecule has 1 aromatic carbocycles. The second kappa shape index (κ2) is 7.57. The van der Waals surface area contributed by atoms with Crippen LogP contribution in [0.2, 0.25) is 0 Å². The van der Waals surface area contributed by atoms with Gasteiger partial charge in [0.2, 0.25) is 0 Å². The Balaban J connectivity index is 1.39. The summed E-state index contributed by atoms with van der Waals surface area (Å²) in [5.74, 6) is 0.539. The van der Waals surface area contributed by atoms with Gasteiger partial charge in [0.05, 0.1) is 9.48 Å². The summed E-state index contributed by atoms with van der Waals surface area (Å²) in [6, 6.07) is 4.73. The highest BCUT2D eigenvalue weighted by Crippen LogP contribution is 2.37. The van der Waals surface area contributed by atoms with E-state index in [0.717, 1.165) is 46.4 Å². The molecule has 8 heteroatoms. The Morgan fingerprint density at radius 3 is 2.83 bits per heavy atom. The number of benzene rings is 1. The lowest BCUT2D eigenvalue weighted by Gasteiger charge is -2.38. The Morgan fingerprint density at radius 2 is 2.00 bits per heavy atom. The van der Waals surface area contributed by atoms with Crippen LogP contribution in [0.3, 0.4) is 0 Å². The van der Waals surface area contributed by atoms with Gasteiger partial charge < -0.3 is 4.90 Å². The van der Waals surface area contributed by atoms with Crippen LogP contribution in [0, 0.1) is 5.82 Å². The van der Waals surface area contributed by atoms with Crippen LogP contribution >= 0.6 is 27.3 Å². The minimum absolute atomic E-state index is 0.0141. The Morgan fingerprint density at radius 1 is 1.17 bits per heavy atom. The SMILES string of the molecule is O=C1c2ccc(F)cc2CCC2CCC(c3nc(-c4ncc(Br)cn4)cs3)CN12. The second-order valence-corrected chi connectivity index (χ2v) is 9.33. The number of rotatable bonds is 2. The number of piperidine rings is 1. The number of aromatic nitrogens is 3. The van der Waals surface area contributed by atoms with E-state index in [1.807, 2.05) is 10.3 Å². The van der Waals surface area contributed by atoms with Crippen molar-refractivity contribution in [3.63, 3.8) is 0 Å². The molecular formula is C21H18BrFN4OS. The van der Waals surface area contributed by atoms with E-state index in [1.54, 1.807) is 29.8 Å². The van der Waals surface area contributed by atoms with Gasteiger partial charge in [-0.15, -0.1) is 11.3 Å². The van der Waals surface area contributed by atoms with Crippen molar-refractivity contribution >= 4 is 33.2 Å². The molecule has 0 aliphatic carbocycles. The largest absolute Gasteiger partial charge is 0.335 e. The fourth-order valence-electron chi connectivity index (χ4n) is 4.25. The molecular weight excluding hydrogens is 455 g/mol. The van der Waals surface area contributed by atoms with Gasteiger partial charge >= 0.3 is 0 Å². The fourth-order valence-corrected chi connectivity index (χ4v) is 5.39. The maximum absolute atomic E-state index is 13.6. The molecule has 0 N–H and O–H groups in total. The van der Waals surface area contributed by atoms with Gasteiger partial charge in [-0.1, -0.05) is 0 Å². The Labute approximate surface area is 180 Å². The van der Waals surface area contributed by atoms with Crippen molar-refractivity contribution in [3.8, 4) is 11.5 Å². The number of hydrogen-bond donors (Lipinski definition) is 0. The summed E-state index contributed by atoms with van der Waals surface area (Å²) in [6.45, 7) is 0.647. The van der Waals surface area contributed by atoms with Crippen molar-refractivity contribution in [1.82, 2.24) is 19.9 Å². The second-order valence-electron chi connectivity index (χ2n) is 7.52. The molecule has 2 atom stereocenters. The first-order valence-corrected chi connectivity index (χ1v) is 11.3.